The molecule has 35 heavy (non-hydrogen) atoms. The number of hydrogen-bond donors (Lipinski definition) is 2. The van der Waals surface area contributed by atoms with Gasteiger partial charge in [0.25, 0.3) is 0 Å². The quantitative estimate of drug-likeness (QED) is 0.331. The lowest BCUT2D eigenvalue weighted by Crippen LogP contribution is -2.44. The fraction of sp³-hybridized carbons (Fsp3) is 0.346. The maximum Gasteiger partial charge on any atom is 0.245 e. The second-order valence-electron chi connectivity index (χ2n) is 9.30. The molecule has 3 heterocycles. The number of aromatic nitrogens is 2. The van der Waals surface area contributed by atoms with E-state index < -0.39 is 0 Å². The fourth-order valence-corrected chi connectivity index (χ4v) is 6.73. The maximum absolute atomic E-state index is 12.9. The summed E-state index contributed by atoms with van der Waals surface area (Å²) in [6.07, 6.45) is 8.41. The average molecular weight is 624 g/mol. The Morgan fingerprint density at radius 3 is 2.51 bits per heavy atom. The molecule has 3 aromatic rings. The van der Waals surface area contributed by atoms with Crippen LogP contribution in [0.1, 0.15) is 46.7 Å². The summed E-state index contributed by atoms with van der Waals surface area (Å²) in [5.41, 5.74) is 5.31. The van der Waals surface area contributed by atoms with E-state index in [1.165, 1.54) is 28.3 Å². The molecule has 6 nitrogen and oxygen atoms in total. The predicted octanol–water partition coefficient (Wildman–Crippen LogP) is 4.63. The van der Waals surface area contributed by atoms with E-state index >= 15 is 0 Å². The second-order valence-corrected chi connectivity index (χ2v) is 11.4. The maximum atomic E-state index is 12.9. The van der Waals surface area contributed by atoms with E-state index in [4.69, 9.17) is 11.6 Å². The van der Waals surface area contributed by atoms with Crippen molar-refractivity contribution in [3.05, 3.63) is 90.8 Å². The number of fused-ring (bicyclic) bond motifs is 2. The zero-order chi connectivity index (χ0) is 24.7. The second kappa shape index (κ2) is 10.1. The van der Waals surface area contributed by atoms with E-state index in [2.05, 4.69) is 44.0 Å². The topological polar surface area (TPSA) is 68.5 Å². The van der Waals surface area contributed by atoms with E-state index in [0.29, 0.717) is 24.5 Å². The number of pyridine rings is 2. The van der Waals surface area contributed by atoms with Gasteiger partial charge in [0.2, 0.25) is 30.2 Å². The summed E-state index contributed by atoms with van der Waals surface area (Å²) in [7, 11) is 0. The smallest absolute Gasteiger partial charge is 0.245 e. The summed E-state index contributed by atoms with van der Waals surface area (Å²) in [5, 5.41) is 21.1. The number of nitrogens with zero attached hydrogens (tertiary/aromatic N) is 3. The first-order valence-corrected chi connectivity index (χ1v) is 13.7. The lowest BCUT2D eigenvalue weighted by molar-refractivity contribution is -0.911. The molecule has 0 spiro atoms. The molecule has 1 atom stereocenters. The summed E-state index contributed by atoms with van der Waals surface area (Å²) in [5.74, 6) is 0.365. The van der Waals surface area contributed by atoms with Crippen molar-refractivity contribution in [3.8, 4) is 0 Å². The summed E-state index contributed by atoms with van der Waals surface area (Å²) in [6, 6.07) is 9.64. The molecule has 0 radical (unpaired) electrons. The van der Waals surface area contributed by atoms with Crippen molar-refractivity contribution < 1.29 is 24.7 Å². The number of likely N-dealkylation sites (tertiary alicyclic amines) is 1. The van der Waals surface area contributed by atoms with Crippen molar-refractivity contribution in [2.24, 2.45) is 5.92 Å². The van der Waals surface area contributed by atoms with Crippen molar-refractivity contribution in [2.75, 3.05) is 13.1 Å². The fourth-order valence-electron chi connectivity index (χ4n) is 5.53. The SMILES string of the molecule is O=C(Cc1cc[n+](O)cc1)N1CCC(C2c3ccc(Cl)c(Br)c3CCc3cc(Br)c[n+](O)c32)CC1. The van der Waals surface area contributed by atoms with Gasteiger partial charge in [-0.1, -0.05) is 17.7 Å². The molecule has 9 heteroatoms. The molecule has 1 amide bonds. The highest BCUT2D eigenvalue weighted by atomic mass is 79.9. The molecule has 182 valence electrons. The number of carbonyl (C=O) groups is 1. The van der Waals surface area contributed by atoms with Gasteiger partial charge in [0.1, 0.15) is 0 Å². The van der Waals surface area contributed by atoms with Crippen LogP contribution >= 0.6 is 43.5 Å². The number of benzene rings is 1. The summed E-state index contributed by atoms with van der Waals surface area (Å²) in [6.45, 7) is 1.35. The third kappa shape index (κ3) is 4.93. The van der Waals surface area contributed by atoms with Gasteiger partial charge >= 0.3 is 0 Å². The van der Waals surface area contributed by atoms with E-state index in [0.717, 1.165) is 56.2 Å². The third-order valence-electron chi connectivity index (χ3n) is 7.24. The first-order chi connectivity index (χ1) is 16.8. The molecule has 2 N–H and O–H groups in total. The number of hydrogen-bond acceptors (Lipinski definition) is 3. The van der Waals surface area contributed by atoms with E-state index in [9.17, 15) is 15.2 Å². The number of piperidine rings is 1. The monoisotopic (exact) mass is 621 g/mol. The van der Waals surface area contributed by atoms with Gasteiger partial charge in [0.15, 0.2) is 0 Å². The Morgan fingerprint density at radius 1 is 1.09 bits per heavy atom. The van der Waals surface area contributed by atoms with Gasteiger partial charge in [-0.2, -0.15) is 0 Å². The van der Waals surface area contributed by atoms with Crippen molar-refractivity contribution in [1.29, 1.82) is 0 Å². The molecule has 2 aliphatic rings. The Bertz CT molecular complexity index is 1280. The molecule has 5 rings (SSSR count). The van der Waals surface area contributed by atoms with Gasteiger partial charge in [0, 0.05) is 44.7 Å². The Kier molecular flexibility index (Phi) is 7.06. The molecule has 0 saturated carbocycles. The zero-order valence-corrected chi connectivity index (χ0v) is 22.9. The molecule has 1 aliphatic heterocycles. The van der Waals surface area contributed by atoms with E-state index in [-0.39, 0.29) is 17.7 Å². The van der Waals surface area contributed by atoms with Crippen LogP contribution in [0.2, 0.25) is 5.02 Å². The molecule has 1 saturated heterocycles. The zero-order valence-electron chi connectivity index (χ0n) is 19.0. The molecule has 0 bridgehead atoms. The van der Waals surface area contributed by atoms with Crippen molar-refractivity contribution in [3.63, 3.8) is 0 Å². The van der Waals surface area contributed by atoms with Gasteiger partial charge in [-0.3, -0.25) is 15.2 Å². The highest BCUT2D eigenvalue weighted by molar-refractivity contribution is 9.10. The Morgan fingerprint density at radius 2 is 1.80 bits per heavy atom. The van der Waals surface area contributed by atoms with Gasteiger partial charge in [0.05, 0.1) is 21.8 Å². The highest BCUT2D eigenvalue weighted by Gasteiger charge is 2.40. The number of rotatable bonds is 3. The van der Waals surface area contributed by atoms with Crippen molar-refractivity contribution in [2.45, 2.75) is 38.0 Å². The van der Waals surface area contributed by atoms with E-state index in [1.807, 2.05) is 11.0 Å². The average Bonchev–Trinajstić information content (AvgIpc) is 3.00. The summed E-state index contributed by atoms with van der Waals surface area (Å²) in [4.78, 5) is 14.9. The van der Waals surface area contributed by atoms with Crippen molar-refractivity contribution >= 4 is 49.4 Å². The predicted molar refractivity (Wildman–Crippen MR) is 137 cm³/mol. The Hall–Kier alpha value is -2.16. The minimum absolute atomic E-state index is 0.000502. The normalized spacial score (nSPS) is 18.0. The lowest BCUT2D eigenvalue weighted by Gasteiger charge is -2.35. The summed E-state index contributed by atoms with van der Waals surface area (Å²) < 4.78 is 4.02. The molecule has 1 aromatic carbocycles. The van der Waals surface area contributed by atoms with Crippen LogP contribution in [-0.4, -0.2) is 34.3 Å². The first kappa shape index (κ1) is 24.5. The van der Waals surface area contributed by atoms with Gasteiger partial charge in [-0.05, 0) is 92.3 Å². The third-order valence-corrected chi connectivity index (χ3v) is 9.12. The van der Waals surface area contributed by atoms with Crippen LogP contribution in [0.5, 0.6) is 0 Å². The number of aryl methyl sites for hydroxylation is 1. The first-order valence-electron chi connectivity index (χ1n) is 11.7. The van der Waals surface area contributed by atoms with Crippen LogP contribution in [0, 0.1) is 5.92 Å². The van der Waals surface area contributed by atoms with Crippen molar-refractivity contribution in [1.82, 2.24) is 4.90 Å². The van der Waals surface area contributed by atoms with Crippen LogP contribution in [0.4, 0.5) is 0 Å². The van der Waals surface area contributed by atoms with Crippen LogP contribution < -0.4 is 9.46 Å². The summed E-state index contributed by atoms with van der Waals surface area (Å²) >= 11 is 13.7. The van der Waals surface area contributed by atoms with Crippen LogP contribution in [-0.2, 0) is 24.1 Å². The molecular formula is C26H26Br2ClN3O3+2. The van der Waals surface area contributed by atoms with Gasteiger partial charge in [-0.15, -0.1) is 0 Å². The standard InChI is InChI=1S/C26H26Br2ClN3O3/c27-19-14-18-1-2-21-20(3-4-22(29)25(21)28)24(26(18)32(35)15-19)17-7-9-30(10-8-17)23(33)13-16-5-11-31(34)12-6-16/h3-6,11-12,14-15,17,24,34-35H,1-2,7-10,13H2/q+2. The van der Waals surface area contributed by atoms with Crippen LogP contribution in [0.3, 0.4) is 0 Å². The minimum atomic E-state index is 0.000502. The number of amides is 1. The molecular weight excluding hydrogens is 598 g/mol. The van der Waals surface area contributed by atoms with E-state index in [1.54, 1.807) is 18.3 Å². The van der Waals surface area contributed by atoms with Crippen LogP contribution in [0.15, 0.2) is 57.9 Å². The number of carbonyl (C=O) groups excluding carboxylic acids is 1. The molecule has 1 aliphatic carbocycles. The minimum Gasteiger partial charge on any atom is -0.342 e. The van der Waals surface area contributed by atoms with Gasteiger partial charge < -0.3 is 4.90 Å². The lowest BCUT2D eigenvalue weighted by atomic mass is 9.76. The highest BCUT2D eigenvalue weighted by Crippen LogP contribution is 2.45. The molecule has 1 fully saturated rings. The Balaban J connectivity index is 1.42. The van der Waals surface area contributed by atoms with Crippen LogP contribution in [0.25, 0.3) is 0 Å². The molecule has 1 unspecified atom stereocenters. The number of halogens is 3. The largest absolute Gasteiger partial charge is 0.342 e. The molecule has 2 aromatic heterocycles. The van der Waals surface area contributed by atoms with Gasteiger partial charge in [-0.25, -0.2) is 0 Å². The Labute approximate surface area is 225 Å².